The highest BCUT2D eigenvalue weighted by molar-refractivity contribution is 6.04. The van der Waals surface area contributed by atoms with Crippen molar-refractivity contribution in [2.45, 2.75) is 39.7 Å². The molecule has 0 amide bonds. The Morgan fingerprint density at radius 2 is 2.15 bits per heavy atom. The second kappa shape index (κ2) is 6.09. The number of hydrogen-bond donors (Lipinski definition) is 2. The van der Waals surface area contributed by atoms with Crippen molar-refractivity contribution >= 4 is 16.9 Å². The molecule has 0 aliphatic heterocycles. The maximum Gasteiger partial charge on any atom is 0.338 e. The number of aromatic nitrogens is 1. The average molecular weight is 274 g/mol. The van der Waals surface area contributed by atoms with Crippen molar-refractivity contribution in [1.29, 1.82) is 0 Å². The molecular formula is C16H22N2O2. The van der Waals surface area contributed by atoms with Gasteiger partial charge >= 0.3 is 5.97 Å². The lowest BCUT2D eigenvalue weighted by Crippen LogP contribution is -2.05. The van der Waals surface area contributed by atoms with Crippen LogP contribution in [0.3, 0.4) is 0 Å². The summed E-state index contributed by atoms with van der Waals surface area (Å²) in [7, 11) is 0. The number of hydrogen-bond acceptors (Lipinski definition) is 2. The third-order valence-corrected chi connectivity index (χ3v) is 3.66. The van der Waals surface area contributed by atoms with Gasteiger partial charge in [-0.1, -0.05) is 19.1 Å². The maximum atomic E-state index is 11.6. The van der Waals surface area contributed by atoms with Crippen molar-refractivity contribution in [3.63, 3.8) is 0 Å². The highest BCUT2D eigenvalue weighted by Gasteiger charge is 2.18. The first-order valence-corrected chi connectivity index (χ1v) is 7.14. The van der Waals surface area contributed by atoms with Crippen molar-refractivity contribution < 1.29 is 9.90 Å². The quantitative estimate of drug-likeness (QED) is 0.851. The summed E-state index contributed by atoms with van der Waals surface area (Å²) in [6.07, 6.45) is 4.89. The number of carboxylic acid groups (broad SMARTS) is 1. The summed E-state index contributed by atoms with van der Waals surface area (Å²) in [6, 6.07) is 3.93. The Balaban J connectivity index is 2.68. The van der Waals surface area contributed by atoms with Crippen molar-refractivity contribution in [3.05, 3.63) is 35.0 Å². The molecule has 0 fully saturated rings. The van der Waals surface area contributed by atoms with E-state index < -0.39 is 5.97 Å². The molecule has 0 spiro atoms. The van der Waals surface area contributed by atoms with Crippen LogP contribution in [0.4, 0.5) is 0 Å². The number of rotatable bonds is 6. The second-order valence-corrected chi connectivity index (χ2v) is 5.20. The van der Waals surface area contributed by atoms with E-state index in [-0.39, 0.29) is 0 Å². The number of nitrogens with zero attached hydrogens (tertiary/aromatic N) is 1. The van der Waals surface area contributed by atoms with Gasteiger partial charge in [0.2, 0.25) is 0 Å². The first kappa shape index (κ1) is 14.6. The van der Waals surface area contributed by atoms with Crippen LogP contribution in [0.15, 0.2) is 18.3 Å². The Morgan fingerprint density at radius 3 is 2.75 bits per heavy atom. The molecule has 1 aromatic heterocycles. The van der Waals surface area contributed by atoms with Gasteiger partial charge in [0.15, 0.2) is 0 Å². The first-order chi connectivity index (χ1) is 9.60. The van der Waals surface area contributed by atoms with E-state index in [2.05, 4.69) is 17.7 Å². The van der Waals surface area contributed by atoms with Crippen LogP contribution in [0.1, 0.15) is 41.3 Å². The molecule has 3 N–H and O–H groups in total. The lowest BCUT2D eigenvalue weighted by atomic mass is 10.0. The van der Waals surface area contributed by atoms with Crippen molar-refractivity contribution in [1.82, 2.24) is 4.57 Å². The molecule has 0 aliphatic carbocycles. The van der Waals surface area contributed by atoms with E-state index in [0.29, 0.717) is 12.1 Å². The van der Waals surface area contributed by atoms with Gasteiger partial charge in [-0.25, -0.2) is 4.79 Å². The van der Waals surface area contributed by atoms with Gasteiger partial charge in [0, 0.05) is 18.1 Å². The number of carbonyl (C=O) groups is 1. The molecule has 2 rings (SSSR count). The van der Waals surface area contributed by atoms with Gasteiger partial charge in [-0.3, -0.25) is 0 Å². The van der Waals surface area contributed by atoms with Crippen LogP contribution < -0.4 is 5.73 Å². The van der Waals surface area contributed by atoms with Crippen LogP contribution >= 0.6 is 0 Å². The molecule has 20 heavy (non-hydrogen) atoms. The summed E-state index contributed by atoms with van der Waals surface area (Å²) in [5.74, 6) is -0.853. The van der Waals surface area contributed by atoms with E-state index in [4.69, 9.17) is 5.73 Å². The maximum absolute atomic E-state index is 11.6. The minimum atomic E-state index is -0.853. The van der Waals surface area contributed by atoms with E-state index >= 15 is 0 Å². The summed E-state index contributed by atoms with van der Waals surface area (Å²) in [5.41, 5.74) is 8.87. The van der Waals surface area contributed by atoms with Gasteiger partial charge in [0.25, 0.3) is 0 Å². The Labute approximate surface area is 119 Å². The van der Waals surface area contributed by atoms with Crippen LogP contribution in [0.5, 0.6) is 0 Å². The molecule has 0 unspecified atom stereocenters. The van der Waals surface area contributed by atoms with E-state index in [9.17, 15) is 9.90 Å². The Kier molecular flexibility index (Phi) is 4.45. The summed E-state index contributed by atoms with van der Waals surface area (Å²) in [5, 5.41) is 10.6. The van der Waals surface area contributed by atoms with Crippen molar-refractivity contribution in [2.75, 3.05) is 6.54 Å². The molecule has 0 saturated carbocycles. The summed E-state index contributed by atoms with van der Waals surface area (Å²) >= 11 is 0. The zero-order valence-electron chi connectivity index (χ0n) is 12.1. The molecule has 0 bridgehead atoms. The number of benzene rings is 1. The fourth-order valence-electron chi connectivity index (χ4n) is 2.75. The molecule has 1 heterocycles. The van der Waals surface area contributed by atoms with Crippen LogP contribution in [-0.4, -0.2) is 22.2 Å². The average Bonchev–Trinajstić information content (AvgIpc) is 2.74. The van der Waals surface area contributed by atoms with Crippen LogP contribution in [-0.2, 0) is 13.0 Å². The SMILES string of the molecule is CCCn1cc(CCCN)c2ccc(C)c(C(=O)O)c21. The summed E-state index contributed by atoms with van der Waals surface area (Å²) in [6.45, 7) is 5.44. The van der Waals surface area contributed by atoms with Gasteiger partial charge in [0.05, 0.1) is 11.1 Å². The third kappa shape index (κ3) is 2.56. The molecule has 0 radical (unpaired) electrons. The third-order valence-electron chi connectivity index (χ3n) is 3.66. The standard InChI is InChI=1S/C16H22N2O2/c1-3-9-18-10-12(5-4-8-17)13-7-6-11(2)14(15(13)18)16(19)20/h6-7,10H,3-5,8-9,17H2,1-2H3,(H,19,20). The number of aryl methyl sites for hydroxylation is 3. The predicted octanol–water partition coefficient (Wildman–Crippen LogP) is 2.95. The number of carboxylic acids is 1. The van der Waals surface area contributed by atoms with Gasteiger partial charge in [-0.15, -0.1) is 0 Å². The lowest BCUT2D eigenvalue weighted by molar-refractivity contribution is 0.0698. The minimum absolute atomic E-state index is 0.426. The highest BCUT2D eigenvalue weighted by Crippen LogP contribution is 2.28. The molecule has 0 atom stereocenters. The molecule has 108 valence electrons. The molecule has 4 nitrogen and oxygen atoms in total. The normalized spacial score (nSPS) is 11.2. The monoisotopic (exact) mass is 274 g/mol. The largest absolute Gasteiger partial charge is 0.478 e. The van der Waals surface area contributed by atoms with Crippen molar-refractivity contribution in [3.8, 4) is 0 Å². The second-order valence-electron chi connectivity index (χ2n) is 5.20. The van der Waals surface area contributed by atoms with E-state index in [1.807, 2.05) is 19.1 Å². The molecule has 0 saturated heterocycles. The molecule has 0 aliphatic rings. The smallest absolute Gasteiger partial charge is 0.338 e. The molecule has 1 aromatic carbocycles. The van der Waals surface area contributed by atoms with Gasteiger partial charge in [0.1, 0.15) is 0 Å². The Bertz CT molecular complexity index is 629. The minimum Gasteiger partial charge on any atom is -0.478 e. The number of nitrogens with two attached hydrogens (primary N) is 1. The van der Waals surface area contributed by atoms with E-state index in [1.165, 1.54) is 5.56 Å². The molecule has 4 heteroatoms. The van der Waals surface area contributed by atoms with Crippen LogP contribution in [0.2, 0.25) is 0 Å². The Hall–Kier alpha value is -1.81. The van der Waals surface area contributed by atoms with Gasteiger partial charge in [-0.05, 0) is 43.9 Å². The fraction of sp³-hybridized carbons (Fsp3) is 0.438. The van der Waals surface area contributed by atoms with Gasteiger partial charge in [-0.2, -0.15) is 0 Å². The van der Waals surface area contributed by atoms with Crippen LogP contribution in [0, 0.1) is 6.92 Å². The Morgan fingerprint density at radius 1 is 1.40 bits per heavy atom. The molecular weight excluding hydrogens is 252 g/mol. The topological polar surface area (TPSA) is 68.2 Å². The fourth-order valence-corrected chi connectivity index (χ4v) is 2.75. The van der Waals surface area contributed by atoms with Gasteiger partial charge < -0.3 is 15.4 Å². The molecule has 2 aromatic rings. The van der Waals surface area contributed by atoms with E-state index in [0.717, 1.165) is 42.3 Å². The highest BCUT2D eigenvalue weighted by atomic mass is 16.4. The zero-order valence-corrected chi connectivity index (χ0v) is 12.1. The zero-order chi connectivity index (χ0) is 14.7. The summed E-state index contributed by atoms with van der Waals surface area (Å²) in [4.78, 5) is 11.6. The lowest BCUT2D eigenvalue weighted by Gasteiger charge is -2.08. The number of aromatic carboxylic acids is 1. The van der Waals surface area contributed by atoms with E-state index in [1.54, 1.807) is 0 Å². The predicted molar refractivity (Wildman–Crippen MR) is 81.3 cm³/mol. The summed E-state index contributed by atoms with van der Waals surface area (Å²) < 4.78 is 2.08. The van der Waals surface area contributed by atoms with Crippen LogP contribution in [0.25, 0.3) is 10.9 Å². The number of fused-ring (bicyclic) bond motifs is 1. The van der Waals surface area contributed by atoms with Crippen molar-refractivity contribution in [2.24, 2.45) is 5.73 Å². The first-order valence-electron chi connectivity index (χ1n) is 7.14.